The molecule has 0 aliphatic rings. The van der Waals surface area contributed by atoms with Crippen LogP contribution in [0.1, 0.15) is 34.1 Å². The standard InChI is InChI=1S/C13H26N2O2/c1-9(2)7-11(14-5)13(17)15(6)12(8-16)10(3)4/h8-12,14H,7H2,1-6H3/t11-,12+/m0/s1. The molecular formula is C13H26N2O2. The highest BCUT2D eigenvalue weighted by atomic mass is 16.2. The van der Waals surface area contributed by atoms with Gasteiger partial charge < -0.3 is 15.0 Å². The predicted octanol–water partition coefficient (Wildman–Crippen LogP) is 1.30. The maximum absolute atomic E-state index is 12.2. The van der Waals surface area contributed by atoms with E-state index in [1.807, 2.05) is 13.8 Å². The maximum Gasteiger partial charge on any atom is 0.240 e. The highest BCUT2D eigenvalue weighted by molar-refractivity contribution is 5.84. The van der Waals surface area contributed by atoms with E-state index in [1.54, 1.807) is 19.0 Å². The van der Waals surface area contributed by atoms with Gasteiger partial charge in [0.25, 0.3) is 0 Å². The Morgan fingerprint density at radius 2 is 1.82 bits per heavy atom. The maximum atomic E-state index is 12.2. The van der Waals surface area contributed by atoms with Crippen LogP contribution in [0, 0.1) is 11.8 Å². The normalized spacial score (nSPS) is 14.8. The number of likely N-dealkylation sites (N-methyl/N-ethyl adjacent to an activating group) is 2. The summed E-state index contributed by atoms with van der Waals surface area (Å²) in [7, 11) is 3.48. The number of hydrogen-bond donors (Lipinski definition) is 1. The van der Waals surface area contributed by atoms with E-state index in [4.69, 9.17) is 0 Å². The summed E-state index contributed by atoms with van der Waals surface area (Å²) >= 11 is 0. The topological polar surface area (TPSA) is 49.4 Å². The van der Waals surface area contributed by atoms with Crippen LogP contribution in [0.15, 0.2) is 0 Å². The SMILES string of the molecule is CN[C@@H](CC(C)C)C(=O)N(C)[C@H](C=O)C(C)C. The Kier molecular flexibility index (Phi) is 7.04. The molecule has 4 heteroatoms. The average Bonchev–Trinajstić information content (AvgIpc) is 2.24. The van der Waals surface area contributed by atoms with Crippen molar-refractivity contribution in [2.45, 2.75) is 46.2 Å². The highest BCUT2D eigenvalue weighted by Gasteiger charge is 2.27. The van der Waals surface area contributed by atoms with Gasteiger partial charge in [-0.2, -0.15) is 0 Å². The number of carbonyl (C=O) groups excluding carboxylic acids is 2. The lowest BCUT2D eigenvalue weighted by atomic mass is 10.00. The Balaban J connectivity index is 4.69. The van der Waals surface area contributed by atoms with Crippen LogP contribution >= 0.6 is 0 Å². The van der Waals surface area contributed by atoms with E-state index in [9.17, 15) is 9.59 Å². The zero-order valence-electron chi connectivity index (χ0n) is 11.9. The fraction of sp³-hybridized carbons (Fsp3) is 0.846. The summed E-state index contributed by atoms with van der Waals surface area (Å²) in [6.07, 6.45) is 1.63. The molecule has 0 bridgehead atoms. The second-order valence-electron chi connectivity index (χ2n) is 5.29. The third-order valence-corrected chi connectivity index (χ3v) is 2.97. The summed E-state index contributed by atoms with van der Waals surface area (Å²) in [6, 6.07) is -0.549. The summed E-state index contributed by atoms with van der Waals surface area (Å²) in [4.78, 5) is 24.8. The van der Waals surface area contributed by atoms with Crippen molar-refractivity contribution in [3.05, 3.63) is 0 Å². The smallest absolute Gasteiger partial charge is 0.240 e. The van der Waals surface area contributed by atoms with Crippen LogP contribution in [0.2, 0.25) is 0 Å². The molecule has 0 rings (SSSR count). The first kappa shape index (κ1) is 16.1. The number of carbonyl (C=O) groups is 2. The van der Waals surface area contributed by atoms with Crippen LogP contribution in [-0.2, 0) is 9.59 Å². The number of nitrogens with one attached hydrogen (secondary N) is 1. The summed E-state index contributed by atoms with van der Waals surface area (Å²) in [5.74, 6) is 0.573. The monoisotopic (exact) mass is 242 g/mol. The van der Waals surface area contributed by atoms with Crippen LogP contribution < -0.4 is 5.32 Å². The fourth-order valence-corrected chi connectivity index (χ4v) is 1.90. The summed E-state index contributed by atoms with van der Waals surface area (Å²) in [6.45, 7) is 8.05. The molecule has 0 spiro atoms. The van der Waals surface area contributed by atoms with E-state index in [0.717, 1.165) is 12.7 Å². The molecule has 0 aromatic heterocycles. The Labute approximate surface area is 105 Å². The van der Waals surface area contributed by atoms with Gasteiger partial charge in [0.2, 0.25) is 5.91 Å². The third-order valence-electron chi connectivity index (χ3n) is 2.97. The first-order chi connectivity index (χ1) is 7.84. The largest absolute Gasteiger partial charge is 0.334 e. The van der Waals surface area contributed by atoms with Gasteiger partial charge in [0, 0.05) is 7.05 Å². The van der Waals surface area contributed by atoms with E-state index in [-0.39, 0.29) is 23.9 Å². The molecule has 0 saturated carbocycles. The number of hydrogen-bond acceptors (Lipinski definition) is 3. The van der Waals surface area contributed by atoms with E-state index in [1.165, 1.54) is 0 Å². The molecule has 0 unspecified atom stereocenters. The molecule has 1 N–H and O–H groups in total. The van der Waals surface area contributed by atoms with Gasteiger partial charge in [0.1, 0.15) is 6.29 Å². The second kappa shape index (κ2) is 7.43. The zero-order valence-corrected chi connectivity index (χ0v) is 11.9. The van der Waals surface area contributed by atoms with Crippen molar-refractivity contribution in [3.8, 4) is 0 Å². The molecule has 17 heavy (non-hydrogen) atoms. The van der Waals surface area contributed by atoms with Crippen molar-refractivity contribution in [3.63, 3.8) is 0 Å². The van der Waals surface area contributed by atoms with Gasteiger partial charge >= 0.3 is 0 Å². The fourth-order valence-electron chi connectivity index (χ4n) is 1.90. The van der Waals surface area contributed by atoms with Crippen molar-refractivity contribution >= 4 is 12.2 Å². The molecule has 0 aromatic rings. The molecule has 0 aliphatic carbocycles. The van der Waals surface area contributed by atoms with Crippen molar-refractivity contribution in [1.82, 2.24) is 10.2 Å². The predicted molar refractivity (Wildman–Crippen MR) is 69.8 cm³/mol. The molecule has 100 valence electrons. The van der Waals surface area contributed by atoms with E-state index in [0.29, 0.717) is 5.92 Å². The highest BCUT2D eigenvalue weighted by Crippen LogP contribution is 2.12. The first-order valence-corrected chi connectivity index (χ1v) is 6.24. The lowest BCUT2D eigenvalue weighted by Gasteiger charge is -2.30. The first-order valence-electron chi connectivity index (χ1n) is 6.24. The van der Waals surface area contributed by atoms with Crippen molar-refractivity contribution in [2.75, 3.05) is 14.1 Å². The summed E-state index contributed by atoms with van der Waals surface area (Å²) < 4.78 is 0. The van der Waals surface area contributed by atoms with Crippen LogP contribution in [-0.4, -0.2) is 43.3 Å². The van der Waals surface area contributed by atoms with Crippen LogP contribution in [0.3, 0.4) is 0 Å². The van der Waals surface area contributed by atoms with Crippen LogP contribution in [0.4, 0.5) is 0 Å². The minimum absolute atomic E-state index is 0.00741. The molecule has 0 aliphatic heterocycles. The van der Waals surface area contributed by atoms with Crippen LogP contribution in [0.5, 0.6) is 0 Å². The summed E-state index contributed by atoms with van der Waals surface area (Å²) in [5, 5.41) is 3.02. The molecule has 2 atom stereocenters. The molecule has 0 fully saturated rings. The zero-order chi connectivity index (χ0) is 13.6. The molecule has 1 amide bonds. The van der Waals surface area contributed by atoms with Gasteiger partial charge in [-0.25, -0.2) is 0 Å². The minimum Gasteiger partial charge on any atom is -0.334 e. The van der Waals surface area contributed by atoms with Gasteiger partial charge in [-0.15, -0.1) is 0 Å². The second-order valence-corrected chi connectivity index (χ2v) is 5.29. The lowest BCUT2D eigenvalue weighted by Crippen LogP contribution is -2.50. The van der Waals surface area contributed by atoms with Crippen molar-refractivity contribution in [2.24, 2.45) is 11.8 Å². The molecular weight excluding hydrogens is 216 g/mol. The lowest BCUT2D eigenvalue weighted by molar-refractivity contribution is -0.138. The van der Waals surface area contributed by atoms with E-state index in [2.05, 4.69) is 19.2 Å². The molecule has 0 aromatic carbocycles. The van der Waals surface area contributed by atoms with Crippen LogP contribution in [0.25, 0.3) is 0 Å². The van der Waals surface area contributed by atoms with E-state index < -0.39 is 0 Å². The van der Waals surface area contributed by atoms with Gasteiger partial charge in [-0.1, -0.05) is 27.7 Å². The van der Waals surface area contributed by atoms with E-state index >= 15 is 0 Å². The van der Waals surface area contributed by atoms with Crippen molar-refractivity contribution < 1.29 is 9.59 Å². The van der Waals surface area contributed by atoms with Gasteiger partial charge in [-0.05, 0) is 25.3 Å². The number of amides is 1. The minimum atomic E-state index is -0.342. The van der Waals surface area contributed by atoms with Gasteiger partial charge in [-0.3, -0.25) is 4.79 Å². The van der Waals surface area contributed by atoms with Gasteiger partial charge in [0.15, 0.2) is 0 Å². The Bertz CT molecular complexity index is 252. The number of aldehydes is 1. The number of nitrogens with zero attached hydrogens (tertiary/aromatic N) is 1. The molecule has 4 nitrogen and oxygen atoms in total. The Morgan fingerprint density at radius 1 is 1.29 bits per heavy atom. The Morgan fingerprint density at radius 3 is 2.12 bits per heavy atom. The molecule has 0 heterocycles. The van der Waals surface area contributed by atoms with Crippen molar-refractivity contribution in [1.29, 1.82) is 0 Å². The van der Waals surface area contributed by atoms with Gasteiger partial charge in [0.05, 0.1) is 12.1 Å². The quantitative estimate of drug-likeness (QED) is 0.685. The third kappa shape index (κ3) is 4.86. The average molecular weight is 242 g/mol. The molecule has 0 saturated heterocycles. The Hall–Kier alpha value is -0.900. The molecule has 0 radical (unpaired) electrons. The summed E-state index contributed by atoms with van der Waals surface area (Å²) in [5.41, 5.74) is 0. The number of rotatable bonds is 7.